The van der Waals surface area contributed by atoms with Crippen LogP contribution < -0.4 is 10.6 Å². The highest BCUT2D eigenvalue weighted by atomic mass is 16.4. The van der Waals surface area contributed by atoms with Gasteiger partial charge in [-0.1, -0.05) is 5.16 Å². The molecule has 0 radical (unpaired) electrons. The van der Waals surface area contributed by atoms with Crippen LogP contribution in [0.1, 0.15) is 36.8 Å². The highest BCUT2D eigenvalue weighted by Crippen LogP contribution is 2.36. The van der Waals surface area contributed by atoms with E-state index in [1.54, 1.807) is 0 Å². The van der Waals surface area contributed by atoms with E-state index in [0.717, 1.165) is 41.9 Å². The molecule has 2 fully saturated rings. The molecule has 0 bridgehead atoms. The Morgan fingerprint density at radius 3 is 2.45 bits per heavy atom. The van der Waals surface area contributed by atoms with Gasteiger partial charge in [0.2, 0.25) is 0 Å². The van der Waals surface area contributed by atoms with Gasteiger partial charge in [0, 0.05) is 19.3 Å². The molecule has 0 aromatic carbocycles. The zero-order chi connectivity index (χ0) is 14.1. The highest BCUT2D eigenvalue weighted by Gasteiger charge is 2.31. The summed E-state index contributed by atoms with van der Waals surface area (Å²) in [7, 11) is 0. The summed E-state index contributed by atoms with van der Waals surface area (Å²) < 4.78 is 0. The zero-order valence-corrected chi connectivity index (χ0v) is 11.9. The summed E-state index contributed by atoms with van der Waals surface area (Å²) in [5.41, 5.74) is 7.64. The molecule has 3 N–H and O–H groups in total. The molecule has 2 aliphatic carbocycles. The van der Waals surface area contributed by atoms with E-state index in [2.05, 4.69) is 15.0 Å². The number of aromatic nitrogens is 1. The van der Waals surface area contributed by atoms with Gasteiger partial charge in [-0.2, -0.15) is 0 Å². The average Bonchev–Trinajstić information content (AvgIpc) is 3.32. The molecule has 5 nitrogen and oxygen atoms in total. The van der Waals surface area contributed by atoms with Gasteiger partial charge in [0.15, 0.2) is 5.84 Å². The van der Waals surface area contributed by atoms with E-state index < -0.39 is 0 Å². The molecular weight excluding hydrogens is 252 g/mol. The lowest BCUT2D eigenvalue weighted by atomic mass is 10.1. The molecule has 3 rings (SSSR count). The van der Waals surface area contributed by atoms with Gasteiger partial charge >= 0.3 is 0 Å². The molecule has 0 spiro atoms. The lowest BCUT2D eigenvalue weighted by Gasteiger charge is -2.26. The summed E-state index contributed by atoms with van der Waals surface area (Å²) in [6.45, 7) is 4.06. The quantitative estimate of drug-likeness (QED) is 0.360. The minimum absolute atomic E-state index is 0.155. The van der Waals surface area contributed by atoms with Gasteiger partial charge in [0.25, 0.3) is 0 Å². The minimum atomic E-state index is 0.155. The number of rotatable bonds is 6. The third kappa shape index (κ3) is 2.86. The minimum Gasteiger partial charge on any atom is -0.409 e. The Kier molecular flexibility index (Phi) is 3.51. The Bertz CT molecular complexity index is 507. The van der Waals surface area contributed by atoms with Crippen LogP contribution in [-0.4, -0.2) is 29.1 Å². The van der Waals surface area contributed by atoms with E-state index in [9.17, 15) is 0 Å². The summed E-state index contributed by atoms with van der Waals surface area (Å²) in [5, 5.41) is 12.2. The number of oxime groups is 1. The summed E-state index contributed by atoms with van der Waals surface area (Å²) in [6, 6.07) is 1.91. The Balaban J connectivity index is 1.93. The van der Waals surface area contributed by atoms with Gasteiger partial charge in [0.05, 0.1) is 5.56 Å². The molecule has 0 unspecified atom stereocenters. The highest BCUT2D eigenvalue weighted by molar-refractivity contribution is 6.02. The first kappa shape index (κ1) is 13.2. The molecule has 20 heavy (non-hydrogen) atoms. The number of amidine groups is 1. The van der Waals surface area contributed by atoms with Crippen molar-refractivity contribution in [2.45, 2.75) is 32.6 Å². The number of hydrogen-bond acceptors (Lipinski definition) is 4. The summed E-state index contributed by atoms with van der Waals surface area (Å²) >= 11 is 0. The fraction of sp³-hybridized carbons (Fsp3) is 0.600. The fourth-order valence-electron chi connectivity index (χ4n) is 2.62. The molecule has 0 saturated heterocycles. The molecule has 0 aliphatic heterocycles. The molecule has 1 heterocycles. The average molecular weight is 274 g/mol. The number of aryl methyl sites for hydroxylation is 1. The second kappa shape index (κ2) is 5.31. The van der Waals surface area contributed by atoms with Crippen molar-refractivity contribution in [3.63, 3.8) is 0 Å². The van der Waals surface area contributed by atoms with Crippen molar-refractivity contribution in [2.24, 2.45) is 22.7 Å². The van der Waals surface area contributed by atoms with Gasteiger partial charge in [0.1, 0.15) is 5.82 Å². The lowest BCUT2D eigenvalue weighted by Crippen LogP contribution is -2.32. The van der Waals surface area contributed by atoms with Crippen LogP contribution in [0.3, 0.4) is 0 Å². The maximum atomic E-state index is 9.02. The second-order valence-electron chi connectivity index (χ2n) is 6.10. The van der Waals surface area contributed by atoms with Crippen molar-refractivity contribution in [1.82, 2.24) is 4.98 Å². The molecule has 1 aromatic heterocycles. The molecule has 0 atom stereocenters. The van der Waals surface area contributed by atoms with Crippen molar-refractivity contribution < 1.29 is 5.21 Å². The van der Waals surface area contributed by atoms with Crippen LogP contribution in [0.5, 0.6) is 0 Å². The first-order valence-corrected chi connectivity index (χ1v) is 7.37. The van der Waals surface area contributed by atoms with Crippen LogP contribution in [0.25, 0.3) is 0 Å². The smallest absolute Gasteiger partial charge is 0.174 e. The predicted molar refractivity (Wildman–Crippen MR) is 79.1 cm³/mol. The van der Waals surface area contributed by atoms with E-state index in [0.29, 0.717) is 0 Å². The van der Waals surface area contributed by atoms with Crippen molar-refractivity contribution in [3.8, 4) is 0 Å². The van der Waals surface area contributed by atoms with Gasteiger partial charge in [-0.25, -0.2) is 4.98 Å². The van der Waals surface area contributed by atoms with Gasteiger partial charge in [-0.15, -0.1) is 0 Å². The van der Waals surface area contributed by atoms with E-state index >= 15 is 0 Å². The monoisotopic (exact) mass is 274 g/mol. The Morgan fingerprint density at radius 1 is 1.35 bits per heavy atom. The van der Waals surface area contributed by atoms with Gasteiger partial charge < -0.3 is 15.8 Å². The Labute approximate surface area is 119 Å². The SMILES string of the molecule is Cc1ccnc(N(CC2CC2)CC2CC2)c1/C(N)=N/O. The number of pyridine rings is 1. The van der Waals surface area contributed by atoms with Crippen molar-refractivity contribution in [2.75, 3.05) is 18.0 Å². The van der Waals surface area contributed by atoms with E-state index in [4.69, 9.17) is 10.9 Å². The second-order valence-corrected chi connectivity index (χ2v) is 6.10. The molecule has 108 valence electrons. The number of hydrogen-bond donors (Lipinski definition) is 2. The molecule has 2 aliphatic rings. The van der Waals surface area contributed by atoms with E-state index in [-0.39, 0.29) is 5.84 Å². The van der Waals surface area contributed by atoms with E-state index in [1.165, 1.54) is 25.7 Å². The third-order valence-electron chi connectivity index (χ3n) is 4.15. The number of nitrogens with zero attached hydrogens (tertiary/aromatic N) is 3. The van der Waals surface area contributed by atoms with Gasteiger partial charge in [-0.3, -0.25) is 0 Å². The van der Waals surface area contributed by atoms with E-state index in [1.807, 2.05) is 19.2 Å². The van der Waals surface area contributed by atoms with Crippen LogP contribution in [-0.2, 0) is 0 Å². The van der Waals surface area contributed by atoms with Crippen LogP contribution in [0.4, 0.5) is 5.82 Å². The number of nitrogens with two attached hydrogens (primary N) is 1. The lowest BCUT2D eigenvalue weighted by molar-refractivity contribution is 0.318. The standard InChI is InChI=1S/C15H22N4O/c1-10-6-7-17-15(13(10)14(16)18-20)19(8-11-2-3-11)9-12-4-5-12/h6-7,11-12,20H,2-5,8-9H2,1H3,(H2,16,18). The Morgan fingerprint density at radius 2 is 1.95 bits per heavy atom. The maximum Gasteiger partial charge on any atom is 0.174 e. The maximum absolute atomic E-state index is 9.02. The summed E-state index contributed by atoms with van der Waals surface area (Å²) in [4.78, 5) is 6.87. The van der Waals surface area contributed by atoms with Crippen LogP contribution in [0.15, 0.2) is 17.4 Å². The van der Waals surface area contributed by atoms with Crippen LogP contribution in [0, 0.1) is 18.8 Å². The first-order valence-electron chi connectivity index (χ1n) is 7.37. The third-order valence-corrected chi connectivity index (χ3v) is 4.15. The topological polar surface area (TPSA) is 74.7 Å². The zero-order valence-electron chi connectivity index (χ0n) is 11.9. The normalized spacial score (nSPS) is 19.1. The van der Waals surface area contributed by atoms with Gasteiger partial charge in [-0.05, 0) is 56.1 Å². The number of anilines is 1. The molecule has 1 aromatic rings. The first-order chi connectivity index (χ1) is 9.69. The largest absolute Gasteiger partial charge is 0.409 e. The van der Waals surface area contributed by atoms with Crippen molar-refractivity contribution in [3.05, 3.63) is 23.4 Å². The summed E-state index contributed by atoms with van der Waals surface area (Å²) in [5.74, 6) is 2.61. The molecule has 5 heteroatoms. The molecular formula is C15H22N4O. The predicted octanol–water partition coefficient (Wildman–Crippen LogP) is 2.11. The molecule has 0 amide bonds. The Hall–Kier alpha value is -1.78. The van der Waals surface area contributed by atoms with Crippen LogP contribution in [0.2, 0.25) is 0 Å². The van der Waals surface area contributed by atoms with Crippen molar-refractivity contribution >= 4 is 11.7 Å². The fourth-order valence-corrected chi connectivity index (χ4v) is 2.62. The summed E-state index contributed by atoms with van der Waals surface area (Å²) in [6.07, 6.45) is 7.06. The van der Waals surface area contributed by atoms with Crippen LogP contribution >= 0.6 is 0 Å². The molecule has 2 saturated carbocycles. The van der Waals surface area contributed by atoms with Crippen molar-refractivity contribution in [1.29, 1.82) is 0 Å².